The molecule has 1 aliphatic rings. The third-order valence-electron chi connectivity index (χ3n) is 3.51. The Hall–Kier alpha value is -2.19. The second kappa shape index (κ2) is 9.49. The summed E-state index contributed by atoms with van der Waals surface area (Å²) in [5.41, 5.74) is 0.327. The van der Waals surface area contributed by atoms with Gasteiger partial charge in [-0.2, -0.15) is 11.8 Å². The molecule has 0 unspecified atom stereocenters. The first-order valence-corrected chi connectivity index (χ1v) is 10.2. The molecule has 26 heavy (non-hydrogen) atoms. The minimum absolute atomic E-state index is 0.303. The number of benzene rings is 1. The van der Waals surface area contributed by atoms with Crippen molar-refractivity contribution >= 4 is 35.0 Å². The van der Waals surface area contributed by atoms with Crippen LogP contribution in [-0.4, -0.2) is 44.0 Å². The summed E-state index contributed by atoms with van der Waals surface area (Å²) in [4.78, 5) is 25.1. The first-order valence-electron chi connectivity index (χ1n) is 8.16. The maximum Gasteiger partial charge on any atom is 0.338 e. The van der Waals surface area contributed by atoms with E-state index in [2.05, 4.69) is 11.4 Å². The van der Waals surface area contributed by atoms with Crippen molar-refractivity contribution in [1.82, 2.24) is 5.32 Å². The summed E-state index contributed by atoms with van der Waals surface area (Å²) in [6.07, 6.45) is 0. The van der Waals surface area contributed by atoms with Crippen LogP contribution in [0.1, 0.15) is 15.2 Å². The van der Waals surface area contributed by atoms with E-state index in [1.807, 2.05) is 11.4 Å². The maximum atomic E-state index is 12.0. The van der Waals surface area contributed by atoms with E-state index >= 15 is 0 Å². The van der Waals surface area contributed by atoms with Crippen molar-refractivity contribution < 1.29 is 23.8 Å². The molecule has 0 saturated carbocycles. The standard InChI is InChI=1S/C18H19NO5S2/c20-17(19-5-9-25-12-14-2-1-8-26-14)11-24-18(21)13-3-4-15-16(10-13)23-7-6-22-15/h1-4,8,10H,5-7,9,11-12H2,(H,19,20). The molecule has 1 aliphatic heterocycles. The Balaban J connectivity index is 1.34. The Labute approximate surface area is 159 Å². The molecule has 0 atom stereocenters. The Morgan fingerprint density at radius 3 is 2.85 bits per heavy atom. The van der Waals surface area contributed by atoms with Crippen molar-refractivity contribution in [2.75, 3.05) is 32.1 Å². The SMILES string of the molecule is O=C(COC(=O)c1ccc2c(c1)OCCO2)NCCSCc1cccs1. The number of hydrogen-bond acceptors (Lipinski definition) is 7. The molecule has 0 spiro atoms. The predicted octanol–water partition coefficient (Wildman–Crippen LogP) is 2.73. The van der Waals surface area contributed by atoms with Crippen molar-refractivity contribution in [3.8, 4) is 11.5 Å². The van der Waals surface area contributed by atoms with Gasteiger partial charge < -0.3 is 19.5 Å². The maximum absolute atomic E-state index is 12.0. The number of rotatable bonds is 8. The molecule has 1 aromatic carbocycles. The molecule has 0 bridgehead atoms. The number of fused-ring (bicyclic) bond motifs is 1. The Kier molecular flexibility index (Phi) is 6.79. The third-order valence-corrected chi connectivity index (χ3v) is 5.57. The molecule has 0 fully saturated rings. The highest BCUT2D eigenvalue weighted by atomic mass is 32.2. The molecule has 3 rings (SSSR count). The van der Waals surface area contributed by atoms with Gasteiger partial charge in [0, 0.05) is 22.9 Å². The average molecular weight is 393 g/mol. The highest BCUT2D eigenvalue weighted by Crippen LogP contribution is 2.30. The van der Waals surface area contributed by atoms with Gasteiger partial charge in [-0.25, -0.2) is 4.79 Å². The molecular weight excluding hydrogens is 374 g/mol. The smallest absolute Gasteiger partial charge is 0.338 e. The lowest BCUT2D eigenvalue weighted by atomic mass is 10.2. The second-order valence-corrected chi connectivity index (χ2v) is 7.55. The van der Waals surface area contributed by atoms with Crippen molar-refractivity contribution in [3.63, 3.8) is 0 Å². The summed E-state index contributed by atoms with van der Waals surface area (Å²) in [6.45, 7) is 1.17. The largest absolute Gasteiger partial charge is 0.486 e. The fraction of sp³-hybridized carbons (Fsp3) is 0.333. The van der Waals surface area contributed by atoms with Crippen molar-refractivity contribution in [2.45, 2.75) is 5.75 Å². The zero-order valence-electron chi connectivity index (χ0n) is 14.1. The molecule has 1 aromatic heterocycles. The fourth-order valence-corrected chi connectivity index (χ4v) is 3.97. The highest BCUT2D eigenvalue weighted by Gasteiger charge is 2.16. The van der Waals surface area contributed by atoms with Crippen LogP contribution in [0.4, 0.5) is 0 Å². The van der Waals surface area contributed by atoms with Crippen LogP contribution in [0.2, 0.25) is 0 Å². The van der Waals surface area contributed by atoms with E-state index in [0.29, 0.717) is 36.8 Å². The van der Waals surface area contributed by atoms with Gasteiger partial charge in [-0.1, -0.05) is 6.07 Å². The number of carbonyl (C=O) groups excluding carboxylic acids is 2. The van der Waals surface area contributed by atoms with Crippen LogP contribution >= 0.6 is 23.1 Å². The van der Waals surface area contributed by atoms with Gasteiger partial charge in [-0.05, 0) is 29.6 Å². The molecule has 0 radical (unpaired) electrons. The molecule has 0 aliphatic carbocycles. The highest BCUT2D eigenvalue weighted by molar-refractivity contribution is 7.98. The average Bonchev–Trinajstić information content (AvgIpc) is 3.19. The van der Waals surface area contributed by atoms with Gasteiger partial charge in [-0.15, -0.1) is 11.3 Å². The van der Waals surface area contributed by atoms with Gasteiger partial charge >= 0.3 is 5.97 Å². The van der Waals surface area contributed by atoms with Crippen LogP contribution in [0.25, 0.3) is 0 Å². The second-order valence-electron chi connectivity index (χ2n) is 5.42. The molecule has 0 saturated heterocycles. The third kappa shape index (κ3) is 5.40. The topological polar surface area (TPSA) is 73.9 Å². The summed E-state index contributed by atoms with van der Waals surface area (Å²) in [5, 5.41) is 4.79. The molecule has 1 N–H and O–H groups in total. The predicted molar refractivity (Wildman–Crippen MR) is 101 cm³/mol. The van der Waals surface area contributed by atoms with Gasteiger partial charge in [0.1, 0.15) is 13.2 Å². The lowest BCUT2D eigenvalue weighted by Gasteiger charge is -2.18. The van der Waals surface area contributed by atoms with E-state index in [9.17, 15) is 9.59 Å². The molecule has 138 valence electrons. The van der Waals surface area contributed by atoms with Crippen LogP contribution in [0.5, 0.6) is 11.5 Å². The summed E-state index contributed by atoms with van der Waals surface area (Å²) in [7, 11) is 0. The zero-order valence-corrected chi connectivity index (χ0v) is 15.7. The monoisotopic (exact) mass is 393 g/mol. The van der Waals surface area contributed by atoms with E-state index in [0.717, 1.165) is 11.5 Å². The minimum atomic E-state index is -0.566. The zero-order chi connectivity index (χ0) is 18.2. The van der Waals surface area contributed by atoms with Crippen LogP contribution in [0.3, 0.4) is 0 Å². The number of carbonyl (C=O) groups is 2. The lowest BCUT2D eigenvalue weighted by Crippen LogP contribution is -2.30. The van der Waals surface area contributed by atoms with Gasteiger partial charge in [0.05, 0.1) is 5.56 Å². The first kappa shape index (κ1) is 18.6. The Morgan fingerprint density at radius 2 is 2.04 bits per heavy atom. The van der Waals surface area contributed by atoms with Crippen LogP contribution in [-0.2, 0) is 15.3 Å². The van der Waals surface area contributed by atoms with Crippen LogP contribution in [0, 0.1) is 0 Å². The summed E-state index contributed by atoms with van der Waals surface area (Å²) in [5.74, 6) is 1.98. The number of thioether (sulfide) groups is 1. The van der Waals surface area contributed by atoms with Crippen molar-refractivity contribution in [3.05, 3.63) is 46.2 Å². The number of esters is 1. The van der Waals surface area contributed by atoms with E-state index in [1.165, 1.54) is 4.88 Å². The Morgan fingerprint density at radius 1 is 1.19 bits per heavy atom. The number of ether oxygens (including phenoxy) is 3. The first-order chi connectivity index (χ1) is 12.7. The summed E-state index contributed by atoms with van der Waals surface area (Å²) in [6, 6.07) is 8.94. The lowest BCUT2D eigenvalue weighted by molar-refractivity contribution is -0.124. The number of thiophene rings is 1. The number of amides is 1. The van der Waals surface area contributed by atoms with Crippen LogP contribution in [0.15, 0.2) is 35.7 Å². The molecule has 2 aromatic rings. The number of nitrogens with one attached hydrogen (secondary N) is 1. The van der Waals surface area contributed by atoms with Crippen LogP contribution < -0.4 is 14.8 Å². The number of hydrogen-bond donors (Lipinski definition) is 1. The van der Waals surface area contributed by atoms with Gasteiger partial charge in [0.15, 0.2) is 18.1 Å². The normalized spacial score (nSPS) is 12.5. The quantitative estimate of drug-likeness (QED) is 0.549. The summed E-state index contributed by atoms with van der Waals surface area (Å²) >= 11 is 3.47. The van der Waals surface area contributed by atoms with E-state index < -0.39 is 5.97 Å². The van der Waals surface area contributed by atoms with E-state index in [4.69, 9.17) is 14.2 Å². The van der Waals surface area contributed by atoms with E-state index in [-0.39, 0.29) is 12.5 Å². The molecule has 6 nitrogen and oxygen atoms in total. The van der Waals surface area contributed by atoms with E-state index in [1.54, 1.807) is 41.3 Å². The van der Waals surface area contributed by atoms with Gasteiger partial charge in [-0.3, -0.25) is 4.79 Å². The molecule has 2 heterocycles. The van der Waals surface area contributed by atoms with Crippen molar-refractivity contribution in [2.24, 2.45) is 0 Å². The fourth-order valence-electron chi connectivity index (χ4n) is 2.27. The summed E-state index contributed by atoms with van der Waals surface area (Å²) < 4.78 is 15.9. The molecular formula is C18H19NO5S2. The van der Waals surface area contributed by atoms with Crippen molar-refractivity contribution in [1.29, 1.82) is 0 Å². The minimum Gasteiger partial charge on any atom is -0.486 e. The Bertz CT molecular complexity index is 748. The molecule has 8 heteroatoms. The van der Waals surface area contributed by atoms with Gasteiger partial charge in [0.25, 0.3) is 5.91 Å². The van der Waals surface area contributed by atoms with Gasteiger partial charge in [0.2, 0.25) is 0 Å². The molecule has 1 amide bonds.